The zero-order valence-corrected chi connectivity index (χ0v) is 9.03. The van der Waals surface area contributed by atoms with Crippen LogP contribution in [0.2, 0.25) is 0 Å². The van der Waals surface area contributed by atoms with Gasteiger partial charge in [0.2, 0.25) is 5.91 Å². The normalized spacial score (nSPS) is 16.5. The molecule has 0 fully saturated rings. The third-order valence-electron chi connectivity index (χ3n) is 2.45. The molecule has 15 heavy (non-hydrogen) atoms. The summed E-state index contributed by atoms with van der Waals surface area (Å²) in [4.78, 5) is 11.7. The Labute approximate surface area is 89.4 Å². The summed E-state index contributed by atoms with van der Waals surface area (Å²) in [6.45, 7) is 3.96. The third-order valence-corrected chi connectivity index (χ3v) is 2.45. The molecule has 3 nitrogen and oxygen atoms in total. The van der Waals surface area contributed by atoms with Crippen LogP contribution in [0.4, 0.5) is 5.69 Å². The molecule has 0 atom stereocenters. The summed E-state index contributed by atoms with van der Waals surface area (Å²) >= 11 is 0. The van der Waals surface area contributed by atoms with Crippen molar-refractivity contribution < 1.29 is 4.79 Å². The van der Waals surface area contributed by atoms with Crippen LogP contribution in [0.1, 0.15) is 25.3 Å². The third kappa shape index (κ3) is 2.06. The number of benzene rings is 1. The first-order valence-electron chi connectivity index (χ1n) is 5.10. The van der Waals surface area contributed by atoms with Crippen molar-refractivity contribution in [2.24, 2.45) is 5.10 Å². The standard InChI is InChI=1S/C12H14N2O/c1-9-4-3-5-11(8-9)14-12(15)7-6-10(2)13-14/h3-5,8H,6-7H2,1-2H3. The molecule has 0 spiro atoms. The number of anilines is 1. The fourth-order valence-corrected chi connectivity index (χ4v) is 1.63. The van der Waals surface area contributed by atoms with Gasteiger partial charge in [-0.25, -0.2) is 5.01 Å². The molecule has 2 rings (SSSR count). The van der Waals surface area contributed by atoms with Crippen molar-refractivity contribution in [3.05, 3.63) is 29.8 Å². The van der Waals surface area contributed by atoms with E-state index in [4.69, 9.17) is 0 Å². The average Bonchev–Trinajstić information content (AvgIpc) is 2.22. The molecule has 0 saturated heterocycles. The second-order valence-electron chi connectivity index (χ2n) is 3.88. The monoisotopic (exact) mass is 202 g/mol. The Morgan fingerprint density at radius 2 is 2.07 bits per heavy atom. The number of rotatable bonds is 1. The van der Waals surface area contributed by atoms with Gasteiger partial charge in [0.25, 0.3) is 0 Å². The van der Waals surface area contributed by atoms with E-state index in [9.17, 15) is 4.79 Å². The lowest BCUT2D eigenvalue weighted by molar-refractivity contribution is -0.118. The van der Waals surface area contributed by atoms with Gasteiger partial charge in [0.15, 0.2) is 0 Å². The quantitative estimate of drug-likeness (QED) is 0.688. The van der Waals surface area contributed by atoms with Crippen molar-refractivity contribution in [2.75, 3.05) is 5.01 Å². The van der Waals surface area contributed by atoms with Crippen molar-refractivity contribution in [1.82, 2.24) is 0 Å². The highest BCUT2D eigenvalue weighted by Gasteiger charge is 2.19. The van der Waals surface area contributed by atoms with E-state index in [1.807, 2.05) is 38.1 Å². The number of carbonyl (C=O) groups is 1. The van der Waals surface area contributed by atoms with Crippen LogP contribution in [-0.4, -0.2) is 11.6 Å². The second kappa shape index (κ2) is 3.85. The maximum absolute atomic E-state index is 11.7. The van der Waals surface area contributed by atoms with Crippen molar-refractivity contribution in [1.29, 1.82) is 0 Å². The molecular weight excluding hydrogens is 188 g/mol. The molecule has 1 aliphatic heterocycles. The summed E-state index contributed by atoms with van der Waals surface area (Å²) in [5.41, 5.74) is 3.01. The van der Waals surface area contributed by atoms with E-state index in [2.05, 4.69) is 5.10 Å². The first kappa shape index (κ1) is 9.90. The molecule has 0 aromatic heterocycles. The summed E-state index contributed by atoms with van der Waals surface area (Å²) in [7, 11) is 0. The van der Waals surface area contributed by atoms with Crippen LogP contribution in [0.5, 0.6) is 0 Å². The van der Waals surface area contributed by atoms with Crippen molar-refractivity contribution >= 4 is 17.3 Å². The van der Waals surface area contributed by atoms with Gasteiger partial charge < -0.3 is 0 Å². The molecule has 0 unspecified atom stereocenters. The van der Waals surface area contributed by atoms with Crippen molar-refractivity contribution in [3.8, 4) is 0 Å². The predicted molar refractivity (Wildman–Crippen MR) is 61.0 cm³/mol. The van der Waals surface area contributed by atoms with Crippen LogP contribution in [-0.2, 0) is 4.79 Å². The van der Waals surface area contributed by atoms with Gasteiger partial charge in [-0.2, -0.15) is 5.10 Å². The predicted octanol–water partition coefficient (Wildman–Crippen LogP) is 2.50. The Kier molecular flexibility index (Phi) is 2.54. The number of hydrazone groups is 1. The van der Waals surface area contributed by atoms with Crippen molar-refractivity contribution in [3.63, 3.8) is 0 Å². The molecular formula is C12H14N2O. The number of hydrogen-bond acceptors (Lipinski definition) is 2. The number of amides is 1. The highest BCUT2D eigenvalue weighted by Crippen LogP contribution is 2.20. The first-order valence-corrected chi connectivity index (χ1v) is 5.10. The van der Waals surface area contributed by atoms with E-state index < -0.39 is 0 Å². The fraction of sp³-hybridized carbons (Fsp3) is 0.333. The van der Waals surface area contributed by atoms with Gasteiger partial charge in [-0.1, -0.05) is 12.1 Å². The van der Waals surface area contributed by atoms with Crippen LogP contribution >= 0.6 is 0 Å². The highest BCUT2D eigenvalue weighted by atomic mass is 16.2. The Balaban J connectivity index is 2.37. The minimum Gasteiger partial charge on any atom is -0.273 e. The summed E-state index contributed by atoms with van der Waals surface area (Å²) in [6.07, 6.45) is 1.34. The minimum absolute atomic E-state index is 0.0752. The van der Waals surface area contributed by atoms with E-state index in [0.717, 1.165) is 23.4 Å². The van der Waals surface area contributed by atoms with Gasteiger partial charge in [0.1, 0.15) is 0 Å². The topological polar surface area (TPSA) is 32.7 Å². The van der Waals surface area contributed by atoms with Crippen LogP contribution in [0.15, 0.2) is 29.4 Å². The molecule has 1 heterocycles. The fourth-order valence-electron chi connectivity index (χ4n) is 1.63. The maximum atomic E-state index is 11.7. The zero-order chi connectivity index (χ0) is 10.8. The minimum atomic E-state index is 0.0752. The molecule has 0 aliphatic carbocycles. The number of nitrogens with zero attached hydrogens (tertiary/aromatic N) is 2. The largest absolute Gasteiger partial charge is 0.273 e. The van der Waals surface area contributed by atoms with Crippen LogP contribution < -0.4 is 5.01 Å². The SMILES string of the molecule is CC1=NN(c2cccc(C)c2)C(=O)CC1. The van der Waals surface area contributed by atoms with Crippen molar-refractivity contribution in [2.45, 2.75) is 26.7 Å². The van der Waals surface area contributed by atoms with Crippen LogP contribution in [0, 0.1) is 6.92 Å². The van der Waals surface area contributed by atoms with E-state index in [1.54, 1.807) is 0 Å². The second-order valence-corrected chi connectivity index (χ2v) is 3.88. The molecule has 0 radical (unpaired) electrons. The number of aryl methyl sites for hydroxylation is 1. The summed E-state index contributed by atoms with van der Waals surface area (Å²) < 4.78 is 0. The van der Waals surface area contributed by atoms with Gasteiger partial charge in [-0.3, -0.25) is 4.79 Å². The molecule has 0 saturated carbocycles. The lowest BCUT2D eigenvalue weighted by Crippen LogP contribution is -2.30. The molecule has 1 aliphatic rings. The lowest BCUT2D eigenvalue weighted by atomic mass is 10.1. The molecule has 1 amide bonds. The van der Waals surface area contributed by atoms with Gasteiger partial charge >= 0.3 is 0 Å². The molecule has 3 heteroatoms. The highest BCUT2D eigenvalue weighted by molar-refractivity contribution is 6.01. The molecule has 0 N–H and O–H groups in total. The Morgan fingerprint density at radius 3 is 2.80 bits per heavy atom. The average molecular weight is 202 g/mol. The Bertz CT molecular complexity index is 423. The molecule has 78 valence electrons. The van der Waals surface area contributed by atoms with E-state index in [1.165, 1.54) is 5.01 Å². The van der Waals surface area contributed by atoms with E-state index in [-0.39, 0.29) is 5.91 Å². The molecule has 1 aromatic carbocycles. The van der Waals surface area contributed by atoms with Crippen LogP contribution in [0.3, 0.4) is 0 Å². The van der Waals surface area contributed by atoms with Gasteiger partial charge in [-0.05, 0) is 38.0 Å². The Morgan fingerprint density at radius 1 is 1.27 bits per heavy atom. The van der Waals surface area contributed by atoms with E-state index in [0.29, 0.717) is 6.42 Å². The maximum Gasteiger partial charge on any atom is 0.247 e. The number of hydrogen-bond donors (Lipinski definition) is 0. The smallest absolute Gasteiger partial charge is 0.247 e. The first-order chi connectivity index (χ1) is 7.16. The van der Waals surface area contributed by atoms with E-state index >= 15 is 0 Å². The van der Waals surface area contributed by atoms with Gasteiger partial charge in [0, 0.05) is 12.1 Å². The summed E-state index contributed by atoms with van der Waals surface area (Å²) in [6, 6.07) is 7.83. The van der Waals surface area contributed by atoms with Gasteiger partial charge in [-0.15, -0.1) is 0 Å². The number of carbonyl (C=O) groups excluding carboxylic acids is 1. The Hall–Kier alpha value is -1.64. The van der Waals surface area contributed by atoms with Crippen LogP contribution in [0.25, 0.3) is 0 Å². The lowest BCUT2D eigenvalue weighted by Gasteiger charge is -2.22. The molecule has 1 aromatic rings. The van der Waals surface area contributed by atoms with Gasteiger partial charge in [0.05, 0.1) is 5.69 Å². The molecule has 0 bridgehead atoms. The summed E-state index contributed by atoms with van der Waals surface area (Å²) in [5, 5.41) is 5.78. The zero-order valence-electron chi connectivity index (χ0n) is 9.03. The summed E-state index contributed by atoms with van der Waals surface area (Å²) in [5.74, 6) is 0.0752.